The Kier molecular flexibility index (Phi) is 3.17. The minimum absolute atomic E-state index is 0.692. The van der Waals surface area contributed by atoms with Crippen molar-refractivity contribution in [2.75, 3.05) is 31.1 Å². The molecule has 1 fully saturated rings. The molecule has 0 aromatic heterocycles. The lowest BCUT2D eigenvalue weighted by atomic mass is 10.2. The summed E-state index contributed by atoms with van der Waals surface area (Å²) in [4.78, 5) is 4.48. The van der Waals surface area contributed by atoms with Crippen molar-refractivity contribution < 1.29 is 5.11 Å². The standard InChI is InChI=1S/C13H20N2O/c1-13(2,16)15-10-8-14(9-11-15)12-6-4-3-5-7-12/h3-7,16H,8-11H2,1-2H3. The SMILES string of the molecule is CC(C)(O)N1CCN(c2ccccc2)CC1. The zero-order valence-corrected chi connectivity index (χ0v) is 10.1. The first-order valence-electron chi connectivity index (χ1n) is 5.85. The van der Waals surface area contributed by atoms with Crippen LogP contribution < -0.4 is 4.90 Å². The molecule has 1 aromatic rings. The Morgan fingerprint density at radius 3 is 2.06 bits per heavy atom. The van der Waals surface area contributed by atoms with Gasteiger partial charge in [0.1, 0.15) is 5.72 Å². The van der Waals surface area contributed by atoms with Crippen LogP contribution >= 0.6 is 0 Å². The molecule has 2 rings (SSSR count). The maximum absolute atomic E-state index is 9.91. The van der Waals surface area contributed by atoms with Gasteiger partial charge in [-0.15, -0.1) is 0 Å². The van der Waals surface area contributed by atoms with Gasteiger partial charge in [-0.2, -0.15) is 0 Å². The first-order chi connectivity index (χ1) is 7.57. The summed E-state index contributed by atoms with van der Waals surface area (Å²) in [5.74, 6) is 0. The summed E-state index contributed by atoms with van der Waals surface area (Å²) < 4.78 is 0. The Hall–Kier alpha value is -1.06. The molecule has 1 heterocycles. The molecular weight excluding hydrogens is 200 g/mol. The summed E-state index contributed by atoms with van der Waals surface area (Å²) in [5, 5.41) is 9.91. The van der Waals surface area contributed by atoms with Crippen molar-refractivity contribution in [3.05, 3.63) is 30.3 Å². The number of benzene rings is 1. The van der Waals surface area contributed by atoms with Crippen molar-refractivity contribution in [1.82, 2.24) is 4.90 Å². The highest BCUT2D eigenvalue weighted by Gasteiger charge is 2.27. The number of piperazine rings is 1. The maximum Gasteiger partial charge on any atom is 0.112 e. The molecule has 1 aliphatic rings. The van der Waals surface area contributed by atoms with Gasteiger partial charge in [-0.1, -0.05) is 18.2 Å². The number of hydrogen-bond donors (Lipinski definition) is 1. The Labute approximate surface area is 97.3 Å². The van der Waals surface area contributed by atoms with E-state index in [1.165, 1.54) is 5.69 Å². The largest absolute Gasteiger partial charge is 0.376 e. The number of hydrogen-bond acceptors (Lipinski definition) is 3. The van der Waals surface area contributed by atoms with E-state index in [2.05, 4.69) is 34.1 Å². The lowest BCUT2D eigenvalue weighted by Crippen LogP contribution is -2.54. The first-order valence-corrected chi connectivity index (χ1v) is 5.85. The van der Waals surface area contributed by atoms with Gasteiger partial charge in [-0.05, 0) is 26.0 Å². The molecule has 3 heteroatoms. The predicted octanol–water partition coefficient (Wildman–Crippen LogP) is 1.54. The second-order valence-corrected chi connectivity index (χ2v) is 4.80. The quantitative estimate of drug-likeness (QED) is 0.819. The summed E-state index contributed by atoms with van der Waals surface area (Å²) in [6.07, 6.45) is 0. The molecule has 0 radical (unpaired) electrons. The van der Waals surface area contributed by atoms with Crippen LogP contribution in [0.15, 0.2) is 30.3 Å². The Morgan fingerprint density at radius 2 is 1.56 bits per heavy atom. The molecule has 1 saturated heterocycles. The van der Waals surface area contributed by atoms with Gasteiger partial charge in [0.25, 0.3) is 0 Å². The van der Waals surface area contributed by atoms with Crippen LogP contribution in [0, 0.1) is 0 Å². The minimum atomic E-state index is -0.692. The van der Waals surface area contributed by atoms with Gasteiger partial charge >= 0.3 is 0 Å². The van der Waals surface area contributed by atoms with Crippen molar-refractivity contribution in [1.29, 1.82) is 0 Å². The summed E-state index contributed by atoms with van der Waals surface area (Å²) in [6.45, 7) is 7.50. The maximum atomic E-state index is 9.91. The van der Waals surface area contributed by atoms with E-state index in [1.807, 2.05) is 19.9 Å². The summed E-state index contributed by atoms with van der Waals surface area (Å²) in [5.41, 5.74) is 0.584. The second-order valence-electron chi connectivity index (χ2n) is 4.80. The van der Waals surface area contributed by atoms with Gasteiger partial charge in [-0.3, -0.25) is 4.90 Å². The van der Waals surface area contributed by atoms with Gasteiger partial charge in [0, 0.05) is 31.9 Å². The van der Waals surface area contributed by atoms with Crippen molar-refractivity contribution in [3.63, 3.8) is 0 Å². The van der Waals surface area contributed by atoms with Crippen molar-refractivity contribution in [2.45, 2.75) is 19.6 Å². The Morgan fingerprint density at radius 1 is 1.00 bits per heavy atom. The third-order valence-electron chi connectivity index (χ3n) is 3.17. The van der Waals surface area contributed by atoms with E-state index in [9.17, 15) is 5.11 Å². The third kappa shape index (κ3) is 2.54. The van der Waals surface area contributed by atoms with Gasteiger partial charge in [-0.25, -0.2) is 0 Å². The van der Waals surface area contributed by atoms with E-state index in [-0.39, 0.29) is 0 Å². The lowest BCUT2D eigenvalue weighted by Gasteiger charge is -2.41. The Balaban J connectivity index is 1.96. The summed E-state index contributed by atoms with van der Waals surface area (Å²) in [6, 6.07) is 10.4. The van der Waals surface area contributed by atoms with Crippen LogP contribution in [0.25, 0.3) is 0 Å². The molecule has 16 heavy (non-hydrogen) atoms. The average molecular weight is 220 g/mol. The normalized spacial score (nSPS) is 18.8. The van der Waals surface area contributed by atoms with E-state index in [4.69, 9.17) is 0 Å². The fraction of sp³-hybridized carbons (Fsp3) is 0.538. The number of anilines is 1. The average Bonchev–Trinajstić information content (AvgIpc) is 2.29. The van der Waals surface area contributed by atoms with E-state index < -0.39 is 5.72 Å². The lowest BCUT2D eigenvalue weighted by molar-refractivity contribution is -0.0801. The van der Waals surface area contributed by atoms with Crippen molar-refractivity contribution in [3.8, 4) is 0 Å². The molecule has 0 atom stereocenters. The molecule has 88 valence electrons. The third-order valence-corrected chi connectivity index (χ3v) is 3.17. The number of para-hydroxylation sites is 1. The molecule has 0 aliphatic carbocycles. The molecule has 1 N–H and O–H groups in total. The van der Waals surface area contributed by atoms with Crippen LogP contribution in [0.3, 0.4) is 0 Å². The fourth-order valence-corrected chi connectivity index (χ4v) is 2.15. The molecule has 0 amide bonds. The number of rotatable bonds is 2. The fourth-order valence-electron chi connectivity index (χ4n) is 2.15. The van der Waals surface area contributed by atoms with Crippen LogP contribution in [0.4, 0.5) is 5.69 Å². The zero-order valence-electron chi connectivity index (χ0n) is 10.1. The molecule has 0 saturated carbocycles. The molecule has 0 bridgehead atoms. The van der Waals surface area contributed by atoms with E-state index in [0.717, 1.165) is 26.2 Å². The van der Waals surface area contributed by atoms with Crippen LogP contribution in [0.1, 0.15) is 13.8 Å². The molecule has 1 aliphatic heterocycles. The molecule has 3 nitrogen and oxygen atoms in total. The van der Waals surface area contributed by atoms with Crippen LogP contribution in [-0.4, -0.2) is 41.9 Å². The highest BCUT2D eigenvalue weighted by atomic mass is 16.3. The van der Waals surface area contributed by atoms with Crippen LogP contribution in [0.5, 0.6) is 0 Å². The van der Waals surface area contributed by atoms with Crippen LogP contribution in [0.2, 0.25) is 0 Å². The Bertz CT molecular complexity index is 324. The smallest absolute Gasteiger partial charge is 0.112 e. The number of nitrogens with zero attached hydrogens (tertiary/aromatic N) is 2. The van der Waals surface area contributed by atoms with E-state index in [1.54, 1.807) is 0 Å². The van der Waals surface area contributed by atoms with E-state index in [0.29, 0.717) is 0 Å². The van der Waals surface area contributed by atoms with Gasteiger partial charge < -0.3 is 10.0 Å². The van der Waals surface area contributed by atoms with Crippen LogP contribution in [-0.2, 0) is 0 Å². The highest BCUT2D eigenvalue weighted by molar-refractivity contribution is 5.46. The monoisotopic (exact) mass is 220 g/mol. The minimum Gasteiger partial charge on any atom is -0.376 e. The molecule has 1 aromatic carbocycles. The first kappa shape index (κ1) is 11.4. The summed E-state index contributed by atoms with van der Waals surface area (Å²) >= 11 is 0. The topological polar surface area (TPSA) is 26.7 Å². The highest BCUT2D eigenvalue weighted by Crippen LogP contribution is 2.18. The molecule has 0 unspecified atom stereocenters. The van der Waals surface area contributed by atoms with E-state index >= 15 is 0 Å². The van der Waals surface area contributed by atoms with Crippen molar-refractivity contribution >= 4 is 5.69 Å². The van der Waals surface area contributed by atoms with Gasteiger partial charge in [0.05, 0.1) is 0 Å². The zero-order chi connectivity index (χ0) is 11.6. The van der Waals surface area contributed by atoms with Gasteiger partial charge in [0.15, 0.2) is 0 Å². The molecular formula is C13H20N2O. The second kappa shape index (κ2) is 4.44. The van der Waals surface area contributed by atoms with Gasteiger partial charge in [0.2, 0.25) is 0 Å². The molecule has 0 spiro atoms. The predicted molar refractivity (Wildman–Crippen MR) is 66.5 cm³/mol. The number of aliphatic hydroxyl groups is 1. The van der Waals surface area contributed by atoms with Crippen molar-refractivity contribution in [2.24, 2.45) is 0 Å². The summed E-state index contributed by atoms with van der Waals surface area (Å²) in [7, 11) is 0.